The summed E-state index contributed by atoms with van der Waals surface area (Å²) in [5.41, 5.74) is -0.539. The van der Waals surface area contributed by atoms with Gasteiger partial charge in [0.2, 0.25) is 0 Å². The van der Waals surface area contributed by atoms with Crippen LogP contribution < -0.4 is 0 Å². The molecule has 0 saturated carbocycles. The summed E-state index contributed by atoms with van der Waals surface area (Å²) in [5.74, 6) is -0.698. The van der Waals surface area contributed by atoms with E-state index in [0.717, 1.165) is 0 Å². The van der Waals surface area contributed by atoms with Crippen LogP contribution in [0.4, 0.5) is 9.18 Å². The summed E-state index contributed by atoms with van der Waals surface area (Å²) in [6, 6.07) is 4.01. The lowest BCUT2D eigenvalue weighted by molar-refractivity contribution is -0.00843. The van der Waals surface area contributed by atoms with Crippen molar-refractivity contribution >= 4 is 6.09 Å². The molecule has 23 heavy (non-hydrogen) atoms. The lowest BCUT2D eigenvalue weighted by Gasteiger charge is -2.35. The van der Waals surface area contributed by atoms with Crippen LogP contribution in [0, 0.1) is 5.82 Å². The summed E-state index contributed by atoms with van der Waals surface area (Å²) in [6.07, 6.45) is 0.815. The number of hydrogen-bond donors (Lipinski definition) is 1. The first-order valence-electron chi connectivity index (χ1n) is 7.81. The highest BCUT2D eigenvalue weighted by Gasteiger charge is 2.31. The Hall–Kier alpha value is -1.82. The summed E-state index contributed by atoms with van der Waals surface area (Å²) in [5, 5.41) is 9.91. The Morgan fingerprint density at radius 3 is 2.61 bits per heavy atom. The first-order chi connectivity index (χ1) is 10.8. The molecule has 0 bridgehead atoms. The molecular weight excluding hydrogens is 301 g/mol. The van der Waals surface area contributed by atoms with E-state index in [1.54, 1.807) is 20.8 Å². The average molecular weight is 325 g/mol. The number of nitrogens with zero attached hydrogens (tertiary/aromatic N) is 1. The Morgan fingerprint density at radius 1 is 1.39 bits per heavy atom. The van der Waals surface area contributed by atoms with Gasteiger partial charge in [-0.25, -0.2) is 9.18 Å². The maximum atomic E-state index is 14.0. The van der Waals surface area contributed by atoms with Crippen molar-refractivity contribution in [2.75, 3.05) is 13.2 Å². The van der Waals surface area contributed by atoms with Gasteiger partial charge >= 0.3 is 6.09 Å². The molecule has 128 valence electrons. The van der Waals surface area contributed by atoms with Crippen molar-refractivity contribution < 1.29 is 23.8 Å². The quantitative estimate of drug-likeness (QED) is 0.925. The van der Waals surface area contributed by atoms with E-state index in [1.165, 1.54) is 23.1 Å². The maximum absolute atomic E-state index is 14.0. The number of ether oxygens (including phenoxy) is 2. The molecule has 0 spiro atoms. The third-order valence-corrected chi connectivity index (χ3v) is 3.68. The number of carbonyl (C=O) groups is 1. The van der Waals surface area contributed by atoms with Gasteiger partial charge in [-0.3, -0.25) is 0 Å². The molecule has 0 aliphatic carbocycles. The van der Waals surface area contributed by atoms with Crippen LogP contribution in [-0.4, -0.2) is 41.0 Å². The Morgan fingerprint density at radius 2 is 2.04 bits per heavy atom. The molecule has 1 heterocycles. The van der Waals surface area contributed by atoms with E-state index < -0.39 is 17.5 Å². The van der Waals surface area contributed by atoms with Gasteiger partial charge in [-0.2, -0.15) is 0 Å². The second kappa shape index (κ2) is 7.17. The molecule has 0 unspecified atom stereocenters. The molecule has 1 saturated heterocycles. The molecule has 1 aromatic carbocycles. The minimum Gasteiger partial charge on any atom is -0.507 e. The van der Waals surface area contributed by atoms with Crippen molar-refractivity contribution in [3.05, 3.63) is 29.6 Å². The topological polar surface area (TPSA) is 59.0 Å². The predicted octanol–water partition coefficient (Wildman–Crippen LogP) is 3.45. The molecule has 0 aromatic heterocycles. The van der Waals surface area contributed by atoms with Gasteiger partial charge in [-0.15, -0.1) is 0 Å². The van der Waals surface area contributed by atoms with Crippen LogP contribution in [0.15, 0.2) is 18.2 Å². The fourth-order valence-corrected chi connectivity index (χ4v) is 2.53. The fraction of sp³-hybridized carbons (Fsp3) is 0.588. The molecule has 1 aromatic rings. The minimum atomic E-state index is -0.641. The van der Waals surface area contributed by atoms with Crippen molar-refractivity contribution in [2.24, 2.45) is 0 Å². The number of carbonyl (C=O) groups excluding carboxylic acids is 1. The van der Waals surface area contributed by atoms with Gasteiger partial charge in [0.1, 0.15) is 17.2 Å². The van der Waals surface area contributed by atoms with Crippen LogP contribution in [0.3, 0.4) is 0 Å². The van der Waals surface area contributed by atoms with Crippen molar-refractivity contribution in [2.45, 2.75) is 51.8 Å². The van der Waals surface area contributed by atoms with Crippen molar-refractivity contribution in [1.29, 1.82) is 0 Å². The van der Waals surface area contributed by atoms with Gasteiger partial charge in [-0.1, -0.05) is 6.07 Å². The van der Waals surface area contributed by atoms with Crippen LogP contribution in [0.5, 0.6) is 5.75 Å². The van der Waals surface area contributed by atoms with Crippen molar-refractivity contribution in [3.63, 3.8) is 0 Å². The van der Waals surface area contributed by atoms with Crippen LogP contribution in [0.25, 0.3) is 0 Å². The summed E-state index contributed by atoms with van der Waals surface area (Å²) in [7, 11) is 0. The van der Waals surface area contributed by atoms with Crippen LogP contribution in [0.2, 0.25) is 0 Å². The first-order valence-corrected chi connectivity index (χ1v) is 7.81. The average Bonchev–Trinajstić information content (AvgIpc) is 2.46. The standard InChI is InChI=1S/C17H24FNO4/c1-17(2,3)23-16(21)19(12-7-9-22-10-8-12)11-13-14(18)5-4-6-15(13)20/h4-6,12,20H,7-11H2,1-3H3. The third-order valence-electron chi connectivity index (χ3n) is 3.68. The van der Waals surface area contributed by atoms with E-state index in [4.69, 9.17) is 9.47 Å². The molecule has 0 radical (unpaired) electrons. The largest absolute Gasteiger partial charge is 0.507 e. The summed E-state index contributed by atoms with van der Waals surface area (Å²) in [6.45, 7) is 6.42. The zero-order valence-electron chi connectivity index (χ0n) is 13.8. The predicted molar refractivity (Wildman–Crippen MR) is 83.7 cm³/mol. The molecule has 1 aliphatic heterocycles. The molecule has 0 atom stereocenters. The molecule has 6 heteroatoms. The molecule has 5 nitrogen and oxygen atoms in total. The number of amides is 1. The van der Waals surface area contributed by atoms with Gasteiger partial charge < -0.3 is 19.5 Å². The number of phenolic OH excluding ortho intramolecular Hbond substituents is 1. The van der Waals surface area contributed by atoms with Crippen LogP contribution >= 0.6 is 0 Å². The van der Waals surface area contributed by atoms with Gasteiger partial charge in [0.05, 0.1) is 6.54 Å². The lowest BCUT2D eigenvalue weighted by atomic mass is 10.1. The Bertz CT molecular complexity index is 530. The van der Waals surface area contributed by atoms with Gasteiger partial charge in [0.15, 0.2) is 0 Å². The third kappa shape index (κ3) is 4.82. The normalized spacial score (nSPS) is 16.2. The Balaban J connectivity index is 2.24. The molecule has 2 rings (SSSR count). The van der Waals surface area contributed by atoms with Gasteiger partial charge in [-0.05, 0) is 45.7 Å². The lowest BCUT2D eigenvalue weighted by Crippen LogP contribution is -2.45. The first kappa shape index (κ1) is 17.5. The zero-order chi connectivity index (χ0) is 17.0. The maximum Gasteiger partial charge on any atom is 0.410 e. The van der Waals surface area contributed by atoms with E-state index in [9.17, 15) is 14.3 Å². The van der Waals surface area contributed by atoms with Gasteiger partial charge in [0, 0.05) is 24.8 Å². The van der Waals surface area contributed by atoms with Crippen molar-refractivity contribution in [1.82, 2.24) is 4.90 Å². The molecule has 1 aliphatic rings. The van der Waals surface area contributed by atoms with Crippen LogP contribution in [-0.2, 0) is 16.0 Å². The smallest absolute Gasteiger partial charge is 0.410 e. The number of aromatic hydroxyl groups is 1. The summed E-state index contributed by atoms with van der Waals surface area (Å²) >= 11 is 0. The van der Waals surface area contributed by atoms with Crippen LogP contribution in [0.1, 0.15) is 39.2 Å². The number of benzene rings is 1. The molecular formula is C17H24FNO4. The Kier molecular flexibility index (Phi) is 5.46. The highest BCUT2D eigenvalue weighted by molar-refractivity contribution is 5.68. The van der Waals surface area contributed by atoms with Crippen molar-refractivity contribution in [3.8, 4) is 5.75 Å². The SMILES string of the molecule is CC(C)(C)OC(=O)N(Cc1c(O)cccc1F)C1CCOCC1. The van der Waals surface area contributed by atoms with E-state index in [1.807, 2.05) is 0 Å². The summed E-state index contributed by atoms with van der Waals surface area (Å²) < 4.78 is 24.8. The minimum absolute atomic E-state index is 0.0297. The highest BCUT2D eigenvalue weighted by atomic mass is 19.1. The second-order valence-electron chi connectivity index (χ2n) is 6.69. The van der Waals surface area contributed by atoms with E-state index in [2.05, 4.69) is 0 Å². The fourth-order valence-electron chi connectivity index (χ4n) is 2.53. The zero-order valence-corrected chi connectivity index (χ0v) is 13.8. The number of rotatable bonds is 3. The summed E-state index contributed by atoms with van der Waals surface area (Å²) in [4.78, 5) is 14.0. The van der Waals surface area contributed by atoms with E-state index >= 15 is 0 Å². The van der Waals surface area contributed by atoms with E-state index in [0.29, 0.717) is 26.1 Å². The van der Waals surface area contributed by atoms with E-state index in [-0.39, 0.29) is 23.9 Å². The van der Waals surface area contributed by atoms with Gasteiger partial charge in [0.25, 0.3) is 0 Å². The Labute approximate surface area is 136 Å². The number of halogens is 1. The number of phenols is 1. The highest BCUT2D eigenvalue weighted by Crippen LogP contribution is 2.26. The molecule has 1 N–H and O–H groups in total. The molecule has 1 fully saturated rings. The monoisotopic (exact) mass is 325 g/mol. The molecule has 1 amide bonds. The number of hydrogen-bond acceptors (Lipinski definition) is 4. The second-order valence-corrected chi connectivity index (χ2v) is 6.69.